The van der Waals surface area contributed by atoms with Crippen LogP contribution in [0.1, 0.15) is 24.3 Å². The SMILES string of the molecule is CCNC(=NCc1cccnc1OC)NCC(C)Cc1cccs1. The summed E-state index contributed by atoms with van der Waals surface area (Å²) in [5, 5.41) is 8.84. The average Bonchev–Trinajstić information content (AvgIpc) is 3.10. The minimum atomic E-state index is 0.533. The number of aromatic nitrogens is 1. The first-order chi connectivity index (χ1) is 11.7. The smallest absolute Gasteiger partial charge is 0.218 e. The van der Waals surface area contributed by atoms with Gasteiger partial charge in [-0.3, -0.25) is 0 Å². The summed E-state index contributed by atoms with van der Waals surface area (Å²) in [5.74, 6) is 1.99. The summed E-state index contributed by atoms with van der Waals surface area (Å²) in [7, 11) is 1.63. The Morgan fingerprint density at radius 3 is 2.92 bits per heavy atom. The van der Waals surface area contributed by atoms with E-state index >= 15 is 0 Å². The molecule has 2 rings (SSSR count). The fourth-order valence-electron chi connectivity index (χ4n) is 2.35. The first kappa shape index (κ1) is 18.3. The molecule has 2 heterocycles. The van der Waals surface area contributed by atoms with Crippen LogP contribution >= 0.6 is 11.3 Å². The molecule has 0 amide bonds. The van der Waals surface area contributed by atoms with Gasteiger partial charge in [-0.1, -0.05) is 19.1 Å². The minimum absolute atomic E-state index is 0.533. The number of nitrogens with one attached hydrogen (secondary N) is 2. The first-order valence-corrected chi connectivity index (χ1v) is 9.13. The van der Waals surface area contributed by atoms with Gasteiger partial charge in [-0.15, -0.1) is 11.3 Å². The molecule has 0 aliphatic rings. The van der Waals surface area contributed by atoms with E-state index in [2.05, 4.69) is 52.0 Å². The predicted molar refractivity (Wildman–Crippen MR) is 101 cm³/mol. The Morgan fingerprint density at radius 2 is 2.21 bits per heavy atom. The fraction of sp³-hybridized carbons (Fsp3) is 0.444. The van der Waals surface area contributed by atoms with Crippen molar-refractivity contribution in [2.24, 2.45) is 10.9 Å². The van der Waals surface area contributed by atoms with Crippen molar-refractivity contribution in [3.05, 3.63) is 46.3 Å². The Kier molecular flexibility index (Phi) is 7.55. The van der Waals surface area contributed by atoms with E-state index < -0.39 is 0 Å². The van der Waals surface area contributed by atoms with Crippen molar-refractivity contribution in [3.63, 3.8) is 0 Å². The molecule has 6 heteroatoms. The van der Waals surface area contributed by atoms with E-state index in [1.165, 1.54) is 4.88 Å². The third kappa shape index (κ3) is 5.85. The summed E-state index contributed by atoms with van der Waals surface area (Å²) in [5.41, 5.74) is 0.976. The van der Waals surface area contributed by atoms with Gasteiger partial charge in [0.15, 0.2) is 5.96 Å². The number of methoxy groups -OCH3 is 1. The molecular weight excluding hydrogens is 320 g/mol. The molecule has 0 saturated heterocycles. The molecule has 0 saturated carbocycles. The van der Waals surface area contributed by atoms with Crippen molar-refractivity contribution >= 4 is 17.3 Å². The first-order valence-electron chi connectivity index (χ1n) is 8.25. The Morgan fingerprint density at radius 1 is 1.33 bits per heavy atom. The van der Waals surface area contributed by atoms with Crippen LogP contribution in [0.5, 0.6) is 5.88 Å². The Balaban J connectivity index is 1.90. The van der Waals surface area contributed by atoms with E-state index in [1.807, 2.05) is 23.5 Å². The topological polar surface area (TPSA) is 58.5 Å². The molecule has 2 aromatic rings. The lowest BCUT2D eigenvalue weighted by Gasteiger charge is -2.15. The molecule has 2 N–H and O–H groups in total. The summed E-state index contributed by atoms with van der Waals surface area (Å²) in [4.78, 5) is 10.3. The van der Waals surface area contributed by atoms with Crippen LogP contribution in [-0.2, 0) is 13.0 Å². The number of guanidine groups is 1. The third-order valence-electron chi connectivity index (χ3n) is 3.54. The van der Waals surface area contributed by atoms with Crippen LogP contribution in [-0.4, -0.2) is 31.1 Å². The van der Waals surface area contributed by atoms with Crippen LogP contribution in [0.25, 0.3) is 0 Å². The molecule has 0 aromatic carbocycles. The minimum Gasteiger partial charge on any atom is -0.481 e. The second-order valence-corrected chi connectivity index (χ2v) is 6.67. The number of hydrogen-bond donors (Lipinski definition) is 2. The Labute approximate surface area is 148 Å². The van der Waals surface area contributed by atoms with Crippen molar-refractivity contribution in [2.75, 3.05) is 20.2 Å². The zero-order valence-electron chi connectivity index (χ0n) is 14.6. The summed E-state index contributed by atoms with van der Waals surface area (Å²) in [6.07, 6.45) is 2.81. The van der Waals surface area contributed by atoms with Crippen LogP contribution in [0, 0.1) is 5.92 Å². The van der Waals surface area contributed by atoms with Crippen molar-refractivity contribution in [1.82, 2.24) is 15.6 Å². The van der Waals surface area contributed by atoms with E-state index in [1.54, 1.807) is 13.3 Å². The van der Waals surface area contributed by atoms with Crippen LogP contribution in [0.2, 0.25) is 0 Å². The maximum absolute atomic E-state index is 5.27. The Hall–Kier alpha value is -2.08. The number of nitrogens with zero attached hydrogens (tertiary/aromatic N) is 2. The average molecular weight is 347 g/mol. The van der Waals surface area contributed by atoms with Gasteiger partial charge >= 0.3 is 0 Å². The predicted octanol–water partition coefficient (Wildman–Crippen LogP) is 3.09. The zero-order chi connectivity index (χ0) is 17.2. The van der Waals surface area contributed by atoms with Gasteiger partial charge in [0, 0.05) is 29.7 Å². The monoisotopic (exact) mass is 346 g/mol. The molecular formula is C18H26N4OS. The molecule has 24 heavy (non-hydrogen) atoms. The quantitative estimate of drug-likeness (QED) is 0.570. The van der Waals surface area contributed by atoms with Gasteiger partial charge in [-0.2, -0.15) is 0 Å². The maximum atomic E-state index is 5.27. The van der Waals surface area contributed by atoms with Crippen molar-refractivity contribution in [3.8, 4) is 5.88 Å². The highest BCUT2D eigenvalue weighted by molar-refractivity contribution is 7.09. The molecule has 1 atom stereocenters. The largest absolute Gasteiger partial charge is 0.481 e. The number of ether oxygens (including phenoxy) is 1. The molecule has 0 aliphatic heterocycles. The number of thiophene rings is 1. The number of rotatable bonds is 8. The zero-order valence-corrected chi connectivity index (χ0v) is 15.4. The van der Waals surface area contributed by atoms with Crippen molar-refractivity contribution in [1.29, 1.82) is 0 Å². The standard InChI is InChI=1S/C18H26N4OS/c1-4-19-18(21-12-14(2)11-16-8-6-10-24-16)22-13-15-7-5-9-20-17(15)23-3/h5-10,14H,4,11-13H2,1-3H3,(H2,19,21,22). The van der Waals surface area contributed by atoms with Crippen LogP contribution in [0.4, 0.5) is 0 Å². The van der Waals surface area contributed by atoms with E-state index in [0.29, 0.717) is 18.3 Å². The van der Waals surface area contributed by atoms with Gasteiger partial charge in [0.05, 0.1) is 13.7 Å². The van der Waals surface area contributed by atoms with E-state index in [-0.39, 0.29) is 0 Å². The summed E-state index contributed by atoms with van der Waals surface area (Å²) in [6.45, 7) is 6.56. The molecule has 1 unspecified atom stereocenters. The highest BCUT2D eigenvalue weighted by Crippen LogP contribution is 2.15. The molecule has 0 spiro atoms. The second kappa shape index (κ2) is 9.93. The molecule has 0 radical (unpaired) electrons. The lowest BCUT2D eigenvalue weighted by atomic mass is 10.1. The Bertz CT molecular complexity index is 628. The molecule has 2 aromatic heterocycles. The van der Waals surface area contributed by atoms with Crippen LogP contribution in [0.3, 0.4) is 0 Å². The van der Waals surface area contributed by atoms with E-state index in [0.717, 1.165) is 31.0 Å². The highest BCUT2D eigenvalue weighted by atomic mass is 32.1. The molecule has 5 nitrogen and oxygen atoms in total. The highest BCUT2D eigenvalue weighted by Gasteiger charge is 2.07. The number of aliphatic imine (C=N–C) groups is 1. The van der Waals surface area contributed by atoms with E-state index in [9.17, 15) is 0 Å². The summed E-state index contributed by atoms with van der Waals surface area (Å²) >= 11 is 1.81. The molecule has 0 bridgehead atoms. The van der Waals surface area contributed by atoms with Crippen LogP contribution < -0.4 is 15.4 Å². The van der Waals surface area contributed by atoms with Crippen molar-refractivity contribution in [2.45, 2.75) is 26.8 Å². The lowest BCUT2D eigenvalue weighted by molar-refractivity contribution is 0.392. The molecule has 0 fully saturated rings. The van der Waals surface area contributed by atoms with Gasteiger partial charge < -0.3 is 15.4 Å². The summed E-state index contributed by atoms with van der Waals surface area (Å²) < 4.78 is 5.27. The fourth-order valence-corrected chi connectivity index (χ4v) is 3.22. The molecule has 130 valence electrons. The number of hydrogen-bond acceptors (Lipinski definition) is 4. The van der Waals surface area contributed by atoms with Gasteiger partial charge in [-0.05, 0) is 36.8 Å². The van der Waals surface area contributed by atoms with E-state index in [4.69, 9.17) is 4.74 Å². The summed E-state index contributed by atoms with van der Waals surface area (Å²) in [6, 6.07) is 8.18. The maximum Gasteiger partial charge on any atom is 0.218 e. The van der Waals surface area contributed by atoms with Gasteiger partial charge in [0.25, 0.3) is 0 Å². The van der Waals surface area contributed by atoms with Crippen LogP contribution in [0.15, 0.2) is 40.8 Å². The molecule has 0 aliphatic carbocycles. The van der Waals surface area contributed by atoms with Gasteiger partial charge in [-0.25, -0.2) is 9.98 Å². The normalized spacial score (nSPS) is 12.7. The lowest BCUT2D eigenvalue weighted by Crippen LogP contribution is -2.39. The van der Waals surface area contributed by atoms with Gasteiger partial charge in [0.1, 0.15) is 0 Å². The number of pyridine rings is 1. The third-order valence-corrected chi connectivity index (χ3v) is 4.44. The second-order valence-electron chi connectivity index (χ2n) is 5.64. The van der Waals surface area contributed by atoms with Gasteiger partial charge in [0.2, 0.25) is 5.88 Å². The van der Waals surface area contributed by atoms with Crippen molar-refractivity contribution < 1.29 is 4.74 Å².